The number of hydrogen-bond acceptors (Lipinski definition) is 2. The summed E-state index contributed by atoms with van der Waals surface area (Å²) < 4.78 is 4.26. The molecule has 0 saturated heterocycles. The van der Waals surface area contributed by atoms with Gasteiger partial charge in [-0.1, -0.05) is 22.6 Å². The molecule has 0 radical (unpaired) electrons. The van der Waals surface area contributed by atoms with Crippen LogP contribution < -0.4 is 5.32 Å². The van der Waals surface area contributed by atoms with Crippen LogP contribution in [0.3, 0.4) is 0 Å². The third-order valence-corrected chi connectivity index (χ3v) is 3.84. The smallest absolute Gasteiger partial charge is 0.0739 e. The molecule has 80 valence electrons. The van der Waals surface area contributed by atoms with E-state index < -0.39 is 0 Å². The van der Waals surface area contributed by atoms with Crippen molar-refractivity contribution < 1.29 is 0 Å². The molecular formula is C9H15BrIN3. The molecule has 0 atom stereocenters. The van der Waals surface area contributed by atoms with Crippen molar-refractivity contribution in [2.24, 2.45) is 7.05 Å². The first-order chi connectivity index (χ1) is 6.66. The van der Waals surface area contributed by atoms with Gasteiger partial charge >= 0.3 is 0 Å². The van der Waals surface area contributed by atoms with Crippen LogP contribution in [0.5, 0.6) is 0 Å². The number of hydrogen-bond donors (Lipinski definition) is 1. The van der Waals surface area contributed by atoms with E-state index in [9.17, 15) is 0 Å². The zero-order valence-corrected chi connectivity index (χ0v) is 12.2. The highest BCUT2D eigenvalue weighted by Crippen LogP contribution is 2.19. The summed E-state index contributed by atoms with van der Waals surface area (Å²) in [6.07, 6.45) is 1.22. The summed E-state index contributed by atoms with van der Waals surface area (Å²) in [5, 5.41) is 7.74. The predicted molar refractivity (Wildman–Crippen MR) is 70.9 cm³/mol. The molecule has 0 saturated carbocycles. The molecule has 0 aliphatic rings. The van der Waals surface area contributed by atoms with Gasteiger partial charge < -0.3 is 5.32 Å². The second kappa shape index (κ2) is 6.07. The fraction of sp³-hybridized carbons (Fsp3) is 0.667. The highest BCUT2D eigenvalue weighted by atomic mass is 127. The molecule has 1 aromatic heterocycles. The van der Waals surface area contributed by atoms with Gasteiger partial charge in [-0.05, 0) is 35.8 Å². The Kier molecular flexibility index (Phi) is 5.40. The van der Waals surface area contributed by atoms with Crippen molar-refractivity contribution in [3.8, 4) is 0 Å². The van der Waals surface area contributed by atoms with Gasteiger partial charge in [-0.3, -0.25) is 4.68 Å². The van der Waals surface area contributed by atoms with E-state index in [2.05, 4.69) is 48.9 Å². The van der Waals surface area contributed by atoms with Crippen LogP contribution in [0.2, 0.25) is 0 Å². The zero-order chi connectivity index (χ0) is 10.6. The molecule has 0 bridgehead atoms. The molecule has 1 heterocycles. The van der Waals surface area contributed by atoms with E-state index >= 15 is 0 Å². The van der Waals surface area contributed by atoms with E-state index in [1.807, 2.05) is 18.7 Å². The fourth-order valence-corrected chi connectivity index (χ4v) is 2.13. The Morgan fingerprint density at radius 2 is 2.29 bits per heavy atom. The first kappa shape index (κ1) is 12.4. The van der Waals surface area contributed by atoms with Crippen LogP contribution in [0.15, 0.2) is 4.47 Å². The van der Waals surface area contributed by atoms with Gasteiger partial charge in [-0.2, -0.15) is 5.10 Å². The SMILES string of the molecule is Cc1nn(C)c(CNCCCI)c1Br. The van der Waals surface area contributed by atoms with Gasteiger partial charge in [0.1, 0.15) is 0 Å². The molecule has 0 aromatic carbocycles. The normalized spacial score (nSPS) is 10.9. The topological polar surface area (TPSA) is 29.9 Å². The zero-order valence-electron chi connectivity index (χ0n) is 8.48. The third kappa shape index (κ3) is 3.20. The summed E-state index contributed by atoms with van der Waals surface area (Å²) in [6, 6.07) is 0. The number of aryl methyl sites for hydroxylation is 2. The minimum Gasteiger partial charge on any atom is -0.311 e. The predicted octanol–water partition coefficient (Wildman–Crippen LogP) is 2.41. The van der Waals surface area contributed by atoms with Crippen LogP contribution >= 0.6 is 38.5 Å². The van der Waals surface area contributed by atoms with Gasteiger partial charge in [0.05, 0.1) is 15.9 Å². The van der Waals surface area contributed by atoms with Crippen LogP contribution in [0.25, 0.3) is 0 Å². The molecule has 1 rings (SSSR count). The standard InChI is InChI=1S/C9H15BrIN3/c1-7-9(10)8(14(2)13-7)6-12-5-3-4-11/h12H,3-6H2,1-2H3. The number of alkyl halides is 1. The molecule has 0 fully saturated rings. The number of aromatic nitrogens is 2. The van der Waals surface area contributed by atoms with Crippen LogP contribution in [-0.2, 0) is 13.6 Å². The van der Waals surface area contributed by atoms with Crippen molar-refractivity contribution >= 4 is 38.5 Å². The molecule has 5 heteroatoms. The highest BCUT2D eigenvalue weighted by molar-refractivity contribution is 14.1. The summed E-state index contributed by atoms with van der Waals surface area (Å²) in [5.74, 6) is 0. The molecule has 1 aromatic rings. The molecule has 0 aliphatic heterocycles. The van der Waals surface area contributed by atoms with E-state index in [0.717, 1.165) is 23.3 Å². The lowest BCUT2D eigenvalue weighted by atomic mass is 10.3. The Labute approximate surface area is 107 Å². The largest absolute Gasteiger partial charge is 0.311 e. The second-order valence-electron chi connectivity index (χ2n) is 3.19. The number of nitrogens with zero attached hydrogens (tertiary/aromatic N) is 2. The van der Waals surface area contributed by atoms with E-state index in [4.69, 9.17) is 0 Å². The molecule has 0 aliphatic carbocycles. The lowest BCUT2D eigenvalue weighted by Crippen LogP contribution is -2.17. The van der Waals surface area contributed by atoms with Crippen LogP contribution in [0, 0.1) is 6.92 Å². The van der Waals surface area contributed by atoms with Gasteiger partial charge in [0.2, 0.25) is 0 Å². The van der Waals surface area contributed by atoms with Crippen LogP contribution in [0.1, 0.15) is 17.8 Å². The maximum absolute atomic E-state index is 4.34. The number of halogens is 2. The number of rotatable bonds is 5. The molecule has 0 unspecified atom stereocenters. The quantitative estimate of drug-likeness (QED) is 0.489. The lowest BCUT2D eigenvalue weighted by Gasteiger charge is -2.04. The molecule has 0 amide bonds. The van der Waals surface area contributed by atoms with E-state index in [1.54, 1.807) is 0 Å². The Hall–Kier alpha value is 0.380. The molecule has 1 N–H and O–H groups in total. The second-order valence-corrected chi connectivity index (χ2v) is 5.06. The molecular weight excluding hydrogens is 357 g/mol. The van der Waals surface area contributed by atoms with E-state index in [0.29, 0.717) is 0 Å². The van der Waals surface area contributed by atoms with E-state index in [1.165, 1.54) is 16.5 Å². The first-order valence-electron chi connectivity index (χ1n) is 4.61. The van der Waals surface area contributed by atoms with Crippen LogP contribution in [0.4, 0.5) is 0 Å². The maximum Gasteiger partial charge on any atom is 0.0739 e. The third-order valence-electron chi connectivity index (χ3n) is 2.04. The van der Waals surface area contributed by atoms with Gasteiger partial charge in [0.25, 0.3) is 0 Å². The summed E-state index contributed by atoms with van der Waals surface area (Å²) in [5.41, 5.74) is 2.27. The summed E-state index contributed by atoms with van der Waals surface area (Å²) in [4.78, 5) is 0. The Morgan fingerprint density at radius 3 is 2.79 bits per heavy atom. The van der Waals surface area contributed by atoms with Crippen molar-refractivity contribution in [3.05, 3.63) is 15.9 Å². The maximum atomic E-state index is 4.34. The van der Waals surface area contributed by atoms with Crippen molar-refractivity contribution in [1.29, 1.82) is 0 Å². The van der Waals surface area contributed by atoms with Crippen LogP contribution in [-0.4, -0.2) is 20.8 Å². The highest BCUT2D eigenvalue weighted by Gasteiger charge is 2.09. The molecule has 14 heavy (non-hydrogen) atoms. The average molecular weight is 372 g/mol. The van der Waals surface area contributed by atoms with E-state index in [-0.39, 0.29) is 0 Å². The molecule has 0 spiro atoms. The minimum atomic E-state index is 0.883. The number of nitrogens with one attached hydrogen (secondary N) is 1. The lowest BCUT2D eigenvalue weighted by molar-refractivity contribution is 0.620. The fourth-order valence-electron chi connectivity index (χ4n) is 1.27. The Bertz CT molecular complexity index is 298. The van der Waals surface area contributed by atoms with Crippen molar-refractivity contribution in [1.82, 2.24) is 15.1 Å². The van der Waals surface area contributed by atoms with Gasteiger partial charge in [-0.25, -0.2) is 0 Å². The van der Waals surface area contributed by atoms with Crippen molar-refractivity contribution in [2.75, 3.05) is 11.0 Å². The summed E-state index contributed by atoms with van der Waals surface area (Å²) in [7, 11) is 1.98. The Balaban J connectivity index is 2.49. The average Bonchev–Trinajstić information content (AvgIpc) is 2.38. The minimum absolute atomic E-state index is 0.883. The van der Waals surface area contributed by atoms with Gasteiger partial charge in [-0.15, -0.1) is 0 Å². The van der Waals surface area contributed by atoms with Gasteiger partial charge in [0.15, 0.2) is 0 Å². The van der Waals surface area contributed by atoms with Crippen molar-refractivity contribution in [2.45, 2.75) is 19.9 Å². The summed E-state index contributed by atoms with van der Waals surface area (Å²) >= 11 is 5.94. The first-order valence-corrected chi connectivity index (χ1v) is 6.93. The van der Waals surface area contributed by atoms with Gasteiger partial charge in [0, 0.05) is 18.0 Å². The summed E-state index contributed by atoms with van der Waals surface area (Å²) in [6.45, 7) is 3.96. The van der Waals surface area contributed by atoms with Crippen molar-refractivity contribution in [3.63, 3.8) is 0 Å². The monoisotopic (exact) mass is 371 g/mol. The Morgan fingerprint density at radius 1 is 1.57 bits per heavy atom. The molecule has 3 nitrogen and oxygen atoms in total.